The van der Waals surface area contributed by atoms with Crippen LogP contribution in [-0.4, -0.2) is 48.6 Å². The Labute approximate surface area is 310 Å². The lowest BCUT2D eigenvalue weighted by atomic mass is 9.82. The van der Waals surface area contributed by atoms with Crippen LogP contribution in [0.25, 0.3) is 10.8 Å². The third kappa shape index (κ3) is 5.81. The fourth-order valence-electron chi connectivity index (χ4n) is 7.64. The zero-order valence-electron chi connectivity index (χ0n) is 29.3. The molecule has 3 heterocycles. The number of nitrogens with zero attached hydrogens (tertiary/aromatic N) is 6. The van der Waals surface area contributed by atoms with E-state index in [-0.39, 0.29) is 36.2 Å². The van der Waals surface area contributed by atoms with Gasteiger partial charge in [0, 0.05) is 47.4 Å². The van der Waals surface area contributed by atoms with Gasteiger partial charge in [0.25, 0.3) is 17.5 Å². The van der Waals surface area contributed by atoms with E-state index in [1.165, 1.54) is 23.1 Å². The van der Waals surface area contributed by atoms with Crippen LogP contribution in [0.3, 0.4) is 0 Å². The molecule has 2 amide bonds. The average molecular weight is 721 g/mol. The molecule has 12 heteroatoms. The Bertz CT molecular complexity index is 2460. The molecule has 0 radical (unpaired) electrons. The van der Waals surface area contributed by atoms with E-state index in [0.29, 0.717) is 41.2 Å². The van der Waals surface area contributed by atoms with Crippen molar-refractivity contribution in [2.24, 2.45) is 5.92 Å². The summed E-state index contributed by atoms with van der Waals surface area (Å²) in [6.07, 6.45) is 5.87. The quantitative estimate of drug-likeness (QED) is 0.0798. The first-order chi connectivity index (χ1) is 26.2. The van der Waals surface area contributed by atoms with E-state index in [4.69, 9.17) is 0 Å². The summed E-state index contributed by atoms with van der Waals surface area (Å²) >= 11 is 0. The Kier molecular flexibility index (Phi) is 8.84. The van der Waals surface area contributed by atoms with Crippen LogP contribution in [0.15, 0.2) is 128 Å². The maximum Gasteiger partial charge on any atom is 0.269 e. The molecule has 0 saturated carbocycles. The summed E-state index contributed by atoms with van der Waals surface area (Å²) in [5.41, 5.74) is 2.53. The molecule has 270 valence electrons. The van der Waals surface area contributed by atoms with Gasteiger partial charge in [-0.15, -0.1) is 5.10 Å². The number of hydrogen-bond acceptors (Lipinski definition) is 8. The summed E-state index contributed by atoms with van der Waals surface area (Å²) in [4.78, 5) is 42.3. The number of hydrogen-bond donors (Lipinski definition) is 2. The zero-order chi connectivity index (χ0) is 37.6. The maximum atomic E-state index is 14.3. The van der Waals surface area contributed by atoms with Gasteiger partial charge in [-0.2, -0.15) is 0 Å². The number of carbonyl (C=O) groups excluding carboxylic acids is 2. The number of aryl methyl sites for hydroxylation is 1. The van der Waals surface area contributed by atoms with Gasteiger partial charge >= 0.3 is 0 Å². The summed E-state index contributed by atoms with van der Waals surface area (Å²) < 4.78 is 1.68. The molecule has 0 fully saturated rings. The van der Waals surface area contributed by atoms with Crippen LogP contribution >= 0.6 is 0 Å². The normalized spacial score (nSPS) is 17.5. The number of aliphatic hydroxyl groups excluding tert-OH is 1. The van der Waals surface area contributed by atoms with Crippen molar-refractivity contribution in [2.75, 3.05) is 16.4 Å². The average Bonchev–Trinajstić information content (AvgIpc) is 3.83. The molecule has 2 aliphatic heterocycles. The standard InChI is InChI=1S/C42H36N6O6/c1-27(10-5-6-21-45-25-36(43-44-45)34(26-49)29-12-3-2-4-13-29)42(52)35-23-32(48(53)54)19-20-37(35)46(41(42)51)24-28-11-7-16-31(22-28)47-38-18-9-15-30-14-8-17-33(39(30)38)40(47)50/h2-5,7-20,22-23,25,27,34,49,52H,6,21,24,26H2,1H3/b10-5+/t27-,34?,42+/m1/s1. The highest BCUT2D eigenvalue weighted by Crippen LogP contribution is 2.48. The smallest absolute Gasteiger partial charge is 0.269 e. The molecule has 5 aromatic carbocycles. The van der Waals surface area contributed by atoms with Crippen LogP contribution in [0.2, 0.25) is 0 Å². The monoisotopic (exact) mass is 720 g/mol. The second-order valence-electron chi connectivity index (χ2n) is 13.7. The lowest BCUT2D eigenvalue weighted by molar-refractivity contribution is -0.385. The van der Waals surface area contributed by atoms with Crippen molar-refractivity contribution in [3.63, 3.8) is 0 Å². The van der Waals surface area contributed by atoms with Crippen molar-refractivity contribution >= 4 is 45.3 Å². The molecule has 54 heavy (non-hydrogen) atoms. The highest BCUT2D eigenvalue weighted by atomic mass is 16.6. The van der Waals surface area contributed by atoms with Crippen LogP contribution in [0.1, 0.15) is 52.0 Å². The first kappa shape index (κ1) is 34.6. The minimum absolute atomic E-state index is 0.0574. The third-order valence-electron chi connectivity index (χ3n) is 10.4. The summed E-state index contributed by atoms with van der Waals surface area (Å²) in [5.74, 6) is -1.81. The molecular formula is C42H36N6O6. The lowest BCUT2D eigenvalue weighted by Crippen LogP contribution is -2.44. The largest absolute Gasteiger partial charge is 0.395 e. The van der Waals surface area contributed by atoms with Crippen molar-refractivity contribution < 1.29 is 24.7 Å². The SMILES string of the molecule is C[C@H](/C=C/CCn1cc(C(CO)c2ccccc2)nn1)[C@@]1(O)C(=O)N(Cc2cccc(N3C(=O)c4cccc5cccc3c45)c2)c2ccc([N+](=O)[O-])cc21. The van der Waals surface area contributed by atoms with E-state index in [0.717, 1.165) is 22.0 Å². The minimum Gasteiger partial charge on any atom is -0.395 e. The van der Waals surface area contributed by atoms with Gasteiger partial charge in [-0.1, -0.05) is 91.0 Å². The summed E-state index contributed by atoms with van der Waals surface area (Å²) in [7, 11) is 0. The predicted octanol–water partition coefficient (Wildman–Crippen LogP) is 6.77. The Hall–Kier alpha value is -6.50. The zero-order valence-corrected chi connectivity index (χ0v) is 29.3. The molecule has 2 aliphatic rings. The van der Waals surface area contributed by atoms with Gasteiger partial charge in [-0.05, 0) is 53.3 Å². The molecule has 1 unspecified atom stereocenters. The molecule has 8 rings (SSSR count). The first-order valence-electron chi connectivity index (χ1n) is 17.7. The summed E-state index contributed by atoms with van der Waals surface area (Å²) in [5, 5.41) is 44.4. The van der Waals surface area contributed by atoms with Gasteiger partial charge in [0.15, 0.2) is 5.60 Å². The number of fused-ring (bicyclic) bond motifs is 1. The molecule has 3 atom stereocenters. The molecule has 12 nitrogen and oxygen atoms in total. The second-order valence-corrected chi connectivity index (χ2v) is 13.7. The second kappa shape index (κ2) is 13.8. The number of allylic oxidation sites excluding steroid dienone is 1. The van der Waals surface area contributed by atoms with Crippen molar-refractivity contribution in [1.82, 2.24) is 15.0 Å². The van der Waals surface area contributed by atoms with Crippen LogP contribution in [0, 0.1) is 16.0 Å². The molecule has 2 N–H and O–H groups in total. The highest BCUT2D eigenvalue weighted by molar-refractivity contribution is 6.27. The maximum absolute atomic E-state index is 14.3. The van der Waals surface area contributed by atoms with E-state index in [2.05, 4.69) is 10.3 Å². The fraction of sp³-hybridized carbons (Fsp3) is 0.190. The van der Waals surface area contributed by atoms with Gasteiger partial charge in [0.2, 0.25) is 0 Å². The van der Waals surface area contributed by atoms with Gasteiger partial charge in [-0.25, -0.2) is 0 Å². The van der Waals surface area contributed by atoms with Crippen LogP contribution in [0.5, 0.6) is 0 Å². The number of non-ortho nitro benzene ring substituents is 1. The number of benzene rings is 5. The number of aliphatic hydroxyl groups is 2. The number of aromatic nitrogens is 3. The van der Waals surface area contributed by atoms with E-state index in [1.807, 2.05) is 97.1 Å². The lowest BCUT2D eigenvalue weighted by Gasteiger charge is -2.27. The molecule has 0 spiro atoms. The minimum atomic E-state index is -2.08. The van der Waals surface area contributed by atoms with Crippen molar-refractivity contribution in [2.45, 2.75) is 38.0 Å². The summed E-state index contributed by atoms with van der Waals surface area (Å²) in [6.45, 7) is 2.11. The Balaban J connectivity index is 1.02. The van der Waals surface area contributed by atoms with E-state index < -0.39 is 22.3 Å². The molecule has 0 aliphatic carbocycles. The molecule has 0 saturated heterocycles. The Morgan fingerprint density at radius 2 is 1.70 bits per heavy atom. The number of anilines is 3. The van der Waals surface area contributed by atoms with E-state index in [1.54, 1.807) is 28.8 Å². The van der Waals surface area contributed by atoms with Crippen molar-refractivity contribution in [3.8, 4) is 0 Å². The number of rotatable bonds is 12. The topological polar surface area (TPSA) is 155 Å². The summed E-state index contributed by atoms with van der Waals surface area (Å²) in [6, 6.07) is 32.5. The van der Waals surface area contributed by atoms with Gasteiger partial charge in [-0.3, -0.25) is 29.3 Å². The number of nitro benzene ring substituents is 1. The third-order valence-corrected chi connectivity index (χ3v) is 10.4. The van der Waals surface area contributed by atoms with E-state index in [9.17, 15) is 29.9 Å². The van der Waals surface area contributed by atoms with Crippen LogP contribution in [0.4, 0.5) is 22.7 Å². The number of carbonyl (C=O) groups is 2. The van der Waals surface area contributed by atoms with Crippen LogP contribution < -0.4 is 9.80 Å². The van der Waals surface area contributed by atoms with E-state index >= 15 is 0 Å². The van der Waals surface area contributed by atoms with Gasteiger partial charge in [0.05, 0.1) is 46.6 Å². The Morgan fingerprint density at radius 1 is 0.926 bits per heavy atom. The number of nitro groups is 1. The van der Waals surface area contributed by atoms with Gasteiger partial charge in [0.1, 0.15) is 0 Å². The highest BCUT2D eigenvalue weighted by Gasteiger charge is 2.53. The van der Waals surface area contributed by atoms with Crippen LogP contribution in [-0.2, 0) is 23.5 Å². The Morgan fingerprint density at radius 3 is 2.48 bits per heavy atom. The predicted molar refractivity (Wildman–Crippen MR) is 203 cm³/mol. The number of amides is 2. The fourth-order valence-corrected chi connectivity index (χ4v) is 7.64. The van der Waals surface area contributed by atoms with Crippen molar-refractivity contribution in [1.29, 1.82) is 0 Å². The van der Waals surface area contributed by atoms with Gasteiger partial charge < -0.3 is 15.1 Å². The molecule has 0 bridgehead atoms. The molecular weight excluding hydrogens is 684 g/mol. The first-order valence-corrected chi connectivity index (χ1v) is 17.7. The molecule has 1 aromatic heterocycles. The van der Waals surface area contributed by atoms with Crippen molar-refractivity contribution in [3.05, 3.63) is 166 Å². The molecule has 6 aromatic rings.